The summed E-state index contributed by atoms with van der Waals surface area (Å²) in [6.45, 7) is 0. The summed E-state index contributed by atoms with van der Waals surface area (Å²) in [7, 11) is 0. The maximum absolute atomic E-state index is 5.36. The zero-order chi connectivity index (χ0) is 7.78. The highest BCUT2D eigenvalue weighted by Crippen LogP contribution is 2.35. The molecule has 0 aromatic carbocycles. The summed E-state index contributed by atoms with van der Waals surface area (Å²) < 4.78 is 2.69. The van der Waals surface area contributed by atoms with Crippen molar-refractivity contribution in [2.75, 3.05) is 5.73 Å². The minimum Gasteiger partial charge on any atom is -0.351 e. The van der Waals surface area contributed by atoms with Gasteiger partial charge in [0.1, 0.15) is 0 Å². The smallest absolute Gasteiger partial charge is 0.319 e. The predicted molar refractivity (Wildman–Crippen MR) is 37.9 cm³/mol. The largest absolute Gasteiger partial charge is 0.351 e. The molecule has 1 aromatic rings. The predicted octanol–water partition coefficient (Wildman–Crippen LogP) is 1.48. The Morgan fingerprint density at radius 1 is 1.40 bits per heavy atom. The van der Waals surface area contributed by atoms with Crippen LogP contribution < -0.4 is 5.73 Å². The molecule has 1 heterocycles. The number of anilines is 1. The van der Waals surface area contributed by atoms with Crippen molar-refractivity contribution >= 4 is 40.8 Å². The molecule has 0 saturated carbocycles. The lowest BCUT2D eigenvalue weighted by Gasteiger charge is -2.01. The minimum atomic E-state index is -1.67. The van der Waals surface area contributed by atoms with Crippen LogP contribution in [0.2, 0.25) is 0 Å². The van der Waals surface area contributed by atoms with Gasteiger partial charge in [-0.05, 0) is 0 Å². The van der Waals surface area contributed by atoms with Crippen LogP contribution in [0.5, 0.6) is 0 Å². The van der Waals surface area contributed by atoms with E-state index in [0.717, 1.165) is 0 Å². The van der Waals surface area contributed by atoms with Crippen LogP contribution in [0, 0.1) is 0 Å². The second-order valence-corrected chi connectivity index (χ2v) is 3.74. The average Bonchev–Trinajstić information content (AvgIpc) is 2.11. The summed E-state index contributed by atoms with van der Waals surface area (Å²) in [6.07, 6.45) is 0. The average molecular weight is 202 g/mol. The van der Waals surface area contributed by atoms with Crippen LogP contribution in [-0.4, -0.2) is 10.1 Å². The molecule has 0 aliphatic rings. The van der Waals surface area contributed by atoms with Crippen molar-refractivity contribution in [3.63, 3.8) is 0 Å². The molecule has 1 aromatic heterocycles. The summed E-state index contributed by atoms with van der Waals surface area (Å²) >= 11 is 16.1. The number of rotatable bonds is 0. The van der Waals surface area contributed by atoms with Gasteiger partial charge in [0.05, 0.1) is 0 Å². The fourth-order valence-corrected chi connectivity index (χ4v) is 0.581. The first-order valence-electron chi connectivity index (χ1n) is 2.16. The molecule has 0 fully saturated rings. The number of hydrogen-bond donors (Lipinski definition) is 1. The third-order valence-electron chi connectivity index (χ3n) is 0.695. The van der Waals surface area contributed by atoms with Gasteiger partial charge in [-0.25, -0.2) is 0 Å². The lowest BCUT2D eigenvalue weighted by molar-refractivity contribution is 0.427. The lowest BCUT2D eigenvalue weighted by Crippen LogP contribution is -2.02. The van der Waals surface area contributed by atoms with Gasteiger partial charge in [-0.15, -0.1) is 0 Å². The molecule has 0 radical (unpaired) electrons. The van der Waals surface area contributed by atoms with E-state index < -0.39 is 3.79 Å². The Morgan fingerprint density at radius 2 is 2.00 bits per heavy atom. The molecule has 2 N–H and O–H groups in total. The lowest BCUT2D eigenvalue weighted by atomic mass is 10.7. The van der Waals surface area contributed by atoms with Gasteiger partial charge in [-0.3, -0.25) is 0 Å². The molecule has 4 nitrogen and oxygen atoms in total. The fraction of sp³-hybridized carbons (Fsp3) is 0.333. The van der Waals surface area contributed by atoms with Gasteiger partial charge in [-0.2, -0.15) is 4.98 Å². The summed E-state index contributed by atoms with van der Waals surface area (Å²) in [5.74, 6) is -0.0602. The van der Waals surface area contributed by atoms with Gasteiger partial charge in [0.15, 0.2) is 0 Å². The van der Waals surface area contributed by atoms with Crippen molar-refractivity contribution in [2.24, 2.45) is 0 Å². The van der Waals surface area contributed by atoms with Gasteiger partial charge in [0.2, 0.25) is 5.82 Å². The van der Waals surface area contributed by atoms with E-state index >= 15 is 0 Å². The van der Waals surface area contributed by atoms with E-state index in [4.69, 9.17) is 40.5 Å². The molecule has 0 atom stereocenters. The van der Waals surface area contributed by atoms with Gasteiger partial charge in [-0.1, -0.05) is 40.0 Å². The Bertz CT molecular complexity index is 229. The molecule has 0 aliphatic heterocycles. The number of nitrogens with zero attached hydrogens (tertiary/aromatic N) is 2. The number of aromatic nitrogens is 2. The maximum atomic E-state index is 5.36. The van der Waals surface area contributed by atoms with Crippen LogP contribution in [0.4, 0.5) is 6.01 Å². The normalized spacial score (nSPS) is 11.9. The van der Waals surface area contributed by atoms with Crippen LogP contribution in [-0.2, 0) is 3.79 Å². The molecule has 0 aliphatic carbocycles. The van der Waals surface area contributed by atoms with Gasteiger partial charge in [0.25, 0.3) is 3.79 Å². The SMILES string of the molecule is Nc1nc(C(Cl)(Cl)Cl)no1. The number of nitrogens with two attached hydrogens (primary N) is 1. The molecule has 7 heteroatoms. The maximum Gasteiger partial charge on any atom is 0.319 e. The highest BCUT2D eigenvalue weighted by molar-refractivity contribution is 6.66. The number of hydrogen-bond acceptors (Lipinski definition) is 4. The first-order valence-corrected chi connectivity index (χ1v) is 3.30. The summed E-state index contributed by atoms with van der Waals surface area (Å²) in [5, 5.41) is 3.28. The first kappa shape index (κ1) is 7.91. The molecule has 0 unspecified atom stereocenters. The monoisotopic (exact) mass is 201 g/mol. The van der Waals surface area contributed by atoms with E-state index in [2.05, 4.69) is 14.7 Å². The van der Waals surface area contributed by atoms with Gasteiger partial charge in [0, 0.05) is 0 Å². The topological polar surface area (TPSA) is 64.9 Å². The van der Waals surface area contributed by atoms with Crippen LogP contribution in [0.25, 0.3) is 0 Å². The van der Waals surface area contributed by atoms with E-state index in [-0.39, 0.29) is 11.8 Å². The Balaban J connectivity index is 2.96. The standard InChI is InChI=1S/C3H2Cl3N3O/c4-3(5,6)1-8-2(7)10-9-1/h(H2,7,8,9). The highest BCUT2D eigenvalue weighted by atomic mass is 35.6. The fourth-order valence-electron chi connectivity index (χ4n) is 0.350. The molecule has 0 amide bonds. The van der Waals surface area contributed by atoms with E-state index in [1.165, 1.54) is 0 Å². The van der Waals surface area contributed by atoms with Crippen molar-refractivity contribution in [3.8, 4) is 0 Å². The quantitative estimate of drug-likeness (QED) is 0.647. The third kappa shape index (κ3) is 1.65. The molecular weight excluding hydrogens is 200 g/mol. The molecule has 0 saturated heterocycles. The zero-order valence-corrected chi connectivity index (χ0v) is 6.78. The summed E-state index contributed by atoms with van der Waals surface area (Å²) in [5.41, 5.74) is 5.06. The summed E-state index contributed by atoms with van der Waals surface area (Å²) in [4.78, 5) is 3.49. The molecule has 0 spiro atoms. The third-order valence-corrected chi connectivity index (χ3v) is 1.20. The molecule has 0 bridgehead atoms. The molecular formula is C3H2Cl3N3O. The van der Waals surface area contributed by atoms with E-state index in [1.54, 1.807) is 0 Å². The number of halogens is 3. The van der Waals surface area contributed by atoms with E-state index in [0.29, 0.717) is 0 Å². The van der Waals surface area contributed by atoms with Crippen molar-refractivity contribution < 1.29 is 4.52 Å². The Hall–Kier alpha value is -0.190. The van der Waals surface area contributed by atoms with Crippen LogP contribution in [0.1, 0.15) is 5.82 Å². The molecule has 10 heavy (non-hydrogen) atoms. The zero-order valence-electron chi connectivity index (χ0n) is 4.51. The first-order chi connectivity index (χ1) is 4.50. The minimum absolute atomic E-state index is 0.0602. The van der Waals surface area contributed by atoms with E-state index in [1.807, 2.05) is 0 Å². The van der Waals surface area contributed by atoms with Crippen LogP contribution in [0.3, 0.4) is 0 Å². The number of nitrogen functional groups attached to an aromatic ring is 1. The molecule has 56 valence electrons. The van der Waals surface area contributed by atoms with Crippen LogP contribution in [0.15, 0.2) is 4.52 Å². The van der Waals surface area contributed by atoms with Crippen molar-refractivity contribution in [1.82, 2.24) is 10.1 Å². The summed E-state index contributed by atoms with van der Waals surface area (Å²) in [6, 6.07) is -0.124. The molecule has 1 rings (SSSR count). The Kier molecular flexibility index (Phi) is 1.94. The Labute approximate surface area is 71.2 Å². The second kappa shape index (κ2) is 2.45. The van der Waals surface area contributed by atoms with Crippen molar-refractivity contribution in [1.29, 1.82) is 0 Å². The van der Waals surface area contributed by atoms with Gasteiger partial charge < -0.3 is 10.3 Å². The van der Waals surface area contributed by atoms with Gasteiger partial charge >= 0.3 is 6.01 Å². The van der Waals surface area contributed by atoms with Crippen LogP contribution >= 0.6 is 34.8 Å². The van der Waals surface area contributed by atoms with E-state index in [9.17, 15) is 0 Å². The number of alkyl halides is 3. The second-order valence-electron chi connectivity index (χ2n) is 1.45. The van der Waals surface area contributed by atoms with Crippen molar-refractivity contribution in [2.45, 2.75) is 3.79 Å². The van der Waals surface area contributed by atoms with Crippen molar-refractivity contribution in [3.05, 3.63) is 5.82 Å². The Morgan fingerprint density at radius 3 is 2.20 bits per heavy atom. The highest BCUT2D eigenvalue weighted by Gasteiger charge is 2.28.